The Hall–Kier alpha value is -1.10. The molecule has 0 fully saturated rings. The van der Waals surface area contributed by atoms with Crippen LogP contribution in [0.25, 0.3) is 0 Å². The minimum atomic E-state index is -1.45. The quantitative estimate of drug-likeness (QED) is 0.796. The maximum Gasteiger partial charge on any atom is 0.160 e. The Bertz CT molecular complexity index is 404. The molecule has 0 saturated heterocycles. The molecule has 1 aromatic rings. The van der Waals surface area contributed by atoms with E-state index in [4.69, 9.17) is 0 Å². The minimum Gasteiger partial charge on any atom is -0.300 e. The number of hydrogen-bond donors (Lipinski definition) is 0. The maximum absolute atomic E-state index is 12.8. The van der Waals surface area contributed by atoms with Gasteiger partial charge in [-0.15, -0.1) is 0 Å². The molecule has 1 unspecified atom stereocenters. The van der Waals surface area contributed by atoms with Gasteiger partial charge in [-0.3, -0.25) is 9.00 Å². The van der Waals surface area contributed by atoms with Gasteiger partial charge in [0.1, 0.15) is 5.78 Å². The van der Waals surface area contributed by atoms with Crippen LogP contribution < -0.4 is 0 Å². The fourth-order valence-electron chi connectivity index (χ4n) is 0.973. The lowest BCUT2D eigenvalue weighted by atomic mass is 10.3. The van der Waals surface area contributed by atoms with E-state index in [-0.39, 0.29) is 22.9 Å². The molecule has 15 heavy (non-hydrogen) atoms. The molecule has 0 N–H and O–H groups in total. The number of carbonyl (C=O) groups is 1. The fourth-order valence-corrected chi connectivity index (χ4v) is 2.14. The van der Waals surface area contributed by atoms with Crippen LogP contribution >= 0.6 is 0 Å². The van der Waals surface area contributed by atoms with Crippen LogP contribution in [0.4, 0.5) is 8.78 Å². The zero-order valence-electron chi connectivity index (χ0n) is 8.13. The van der Waals surface area contributed by atoms with Crippen molar-refractivity contribution in [2.45, 2.75) is 18.2 Å². The number of halogens is 2. The molecule has 0 aliphatic carbocycles. The van der Waals surface area contributed by atoms with Crippen LogP contribution in [-0.2, 0) is 15.6 Å². The SMILES string of the molecule is CC(=O)CCS(=O)c1ccc(F)c(F)c1. The van der Waals surface area contributed by atoms with Crippen molar-refractivity contribution in [1.29, 1.82) is 0 Å². The highest BCUT2D eigenvalue weighted by Gasteiger charge is 2.08. The molecule has 5 heteroatoms. The molecule has 1 rings (SSSR count). The third-order valence-electron chi connectivity index (χ3n) is 1.79. The van der Waals surface area contributed by atoms with Gasteiger partial charge in [-0.1, -0.05) is 0 Å². The number of rotatable bonds is 4. The van der Waals surface area contributed by atoms with Gasteiger partial charge in [0.2, 0.25) is 0 Å². The van der Waals surface area contributed by atoms with Gasteiger partial charge in [-0.25, -0.2) is 8.78 Å². The first kappa shape index (κ1) is 12.0. The summed E-state index contributed by atoms with van der Waals surface area (Å²) >= 11 is 0. The molecule has 0 amide bonds. The summed E-state index contributed by atoms with van der Waals surface area (Å²) in [6, 6.07) is 3.08. The van der Waals surface area contributed by atoms with Crippen molar-refractivity contribution in [3.8, 4) is 0 Å². The summed E-state index contributed by atoms with van der Waals surface area (Å²) in [4.78, 5) is 10.8. The van der Waals surface area contributed by atoms with Gasteiger partial charge in [0.15, 0.2) is 11.6 Å². The lowest BCUT2D eigenvalue weighted by Gasteiger charge is -2.01. The molecule has 0 aliphatic rings. The van der Waals surface area contributed by atoms with Gasteiger partial charge in [0, 0.05) is 17.1 Å². The van der Waals surface area contributed by atoms with Crippen LogP contribution in [0.2, 0.25) is 0 Å². The summed E-state index contributed by atoms with van der Waals surface area (Å²) < 4.78 is 36.8. The van der Waals surface area contributed by atoms with E-state index in [1.165, 1.54) is 13.0 Å². The van der Waals surface area contributed by atoms with Crippen molar-refractivity contribution in [1.82, 2.24) is 0 Å². The zero-order valence-corrected chi connectivity index (χ0v) is 8.94. The maximum atomic E-state index is 12.8. The first-order chi connectivity index (χ1) is 7.00. The molecule has 0 aliphatic heterocycles. The summed E-state index contributed by atoms with van der Waals surface area (Å²) in [6.07, 6.45) is 0.172. The zero-order chi connectivity index (χ0) is 11.4. The Morgan fingerprint density at radius 1 is 1.33 bits per heavy atom. The van der Waals surface area contributed by atoms with Gasteiger partial charge < -0.3 is 0 Å². The predicted molar refractivity (Wildman–Crippen MR) is 52.9 cm³/mol. The van der Waals surface area contributed by atoms with E-state index in [9.17, 15) is 17.8 Å². The van der Waals surface area contributed by atoms with Crippen LogP contribution in [0.1, 0.15) is 13.3 Å². The minimum absolute atomic E-state index is 0.0778. The number of Topliss-reactive ketones (excluding diaryl/α,β-unsaturated/α-hetero) is 1. The first-order valence-corrected chi connectivity index (χ1v) is 5.65. The molecule has 0 bridgehead atoms. The van der Waals surface area contributed by atoms with Gasteiger partial charge >= 0.3 is 0 Å². The van der Waals surface area contributed by atoms with Crippen LogP contribution in [0.15, 0.2) is 23.1 Å². The second kappa shape index (κ2) is 5.11. The van der Waals surface area contributed by atoms with E-state index in [2.05, 4.69) is 0 Å². The van der Waals surface area contributed by atoms with Gasteiger partial charge in [-0.2, -0.15) is 0 Å². The van der Waals surface area contributed by atoms with E-state index in [1.54, 1.807) is 0 Å². The average molecular weight is 232 g/mol. The molecule has 1 atom stereocenters. The standard InChI is InChI=1S/C10H10F2O2S/c1-7(13)4-5-15(14)8-2-3-9(11)10(12)6-8/h2-3,6H,4-5H2,1H3. The summed E-state index contributed by atoms with van der Waals surface area (Å²) in [5.41, 5.74) is 0. The third kappa shape index (κ3) is 3.51. The monoisotopic (exact) mass is 232 g/mol. The average Bonchev–Trinajstić information content (AvgIpc) is 2.18. The lowest BCUT2D eigenvalue weighted by molar-refractivity contribution is -0.116. The van der Waals surface area contributed by atoms with Crippen molar-refractivity contribution in [3.63, 3.8) is 0 Å². The van der Waals surface area contributed by atoms with Crippen molar-refractivity contribution < 1.29 is 17.8 Å². The summed E-state index contributed by atoms with van der Waals surface area (Å²) in [7, 11) is -1.45. The molecule has 0 aromatic heterocycles. The predicted octanol–water partition coefficient (Wildman–Crippen LogP) is 2.05. The second-order valence-electron chi connectivity index (χ2n) is 3.08. The lowest BCUT2D eigenvalue weighted by Crippen LogP contribution is -2.03. The molecular weight excluding hydrogens is 222 g/mol. The Labute approximate surface area is 88.8 Å². The van der Waals surface area contributed by atoms with Gasteiger partial charge in [-0.05, 0) is 25.1 Å². The van der Waals surface area contributed by atoms with E-state index >= 15 is 0 Å². The van der Waals surface area contributed by atoms with E-state index in [1.807, 2.05) is 0 Å². The highest BCUT2D eigenvalue weighted by atomic mass is 32.2. The normalized spacial score (nSPS) is 12.5. The number of benzene rings is 1. The molecule has 0 saturated carbocycles. The smallest absolute Gasteiger partial charge is 0.160 e. The van der Waals surface area contributed by atoms with Gasteiger partial charge in [0.05, 0.1) is 10.8 Å². The van der Waals surface area contributed by atoms with Crippen LogP contribution in [-0.4, -0.2) is 15.7 Å². The van der Waals surface area contributed by atoms with Crippen LogP contribution in [0, 0.1) is 11.6 Å². The third-order valence-corrected chi connectivity index (χ3v) is 3.15. The molecule has 0 heterocycles. The Kier molecular flexibility index (Phi) is 4.08. The molecule has 1 aromatic carbocycles. The fraction of sp³-hybridized carbons (Fsp3) is 0.300. The van der Waals surface area contributed by atoms with Crippen LogP contribution in [0.3, 0.4) is 0 Å². The van der Waals surface area contributed by atoms with E-state index < -0.39 is 22.4 Å². The number of ketones is 1. The summed E-state index contributed by atoms with van der Waals surface area (Å²) in [5.74, 6) is -1.93. The Morgan fingerprint density at radius 2 is 2.00 bits per heavy atom. The number of hydrogen-bond acceptors (Lipinski definition) is 2. The summed E-state index contributed by atoms with van der Waals surface area (Å²) in [6.45, 7) is 1.39. The topological polar surface area (TPSA) is 34.1 Å². The Balaban J connectivity index is 2.74. The molecule has 2 nitrogen and oxygen atoms in total. The van der Waals surface area contributed by atoms with Crippen molar-refractivity contribution in [3.05, 3.63) is 29.8 Å². The van der Waals surface area contributed by atoms with Crippen molar-refractivity contribution in [2.24, 2.45) is 0 Å². The Morgan fingerprint density at radius 3 is 2.53 bits per heavy atom. The van der Waals surface area contributed by atoms with Crippen LogP contribution in [0.5, 0.6) is 0 Å². The molecular formula is C10H10F2O2S. The molecule has 0 radical (unpaired) electrons. The molecule has 82 valence electrons. The summed E-state index contributed by atoms with van der Waals surface area (Å²) in [5, 5.41) is 0. The van der Waals surface area contributed by atoms with Crippen molar-refractivity contribution >= 4 is 16.6 Å². The molecule has 0 spiro atoms. The highest BCUT2D eigenvalue weighted by molar-refractivity contribution is 7.85. The highest BCUT2D eigenvalue weighted by Crippen LogP contribution is 2.12. The van der Waals surface area contributed by atoms with Crippen molar-refractivity contribution in [2.75, 3.05) is 5.75 Å². The van der Waals surface area contributed by atoms with E-state index in [0.29, 0.717) is 0 Å². The van der Waals surface area contributed by atoms with E-state index in [0.717, 1.165) is 12.1 Å². The number of carbonyl (C=O) groups excluding carboxylic acids is 1. The largest absolute Gasteiger partial charge is 0.300 e. The second-order valence-corrected chi connectivity index (χ2v) is 4.65. The first-order valence-electron chi connectivity index (χ1n) is 4.33. The van der Waals surface area contributed by atoms with Gasteiger partial charge in [0.25, 0.3) is 0 Å².